The van der Waals surface area contributed by atoms with E-state index in [1.54, 1.807) is 0 Å². The molecule has 1 saturated carbocycles. The lowest BCUT2D eigenvalue weighted by molar-refractivity contribution is -0.152. The molecule has 1 rings (SSSR count). The van der Waals surface area contributed by atoms with E-state index in [1.807, 2.05) is 0 Å². The zero-order valence-corrected chi connectivity index (χ0v) is 11.1. The predicted molar refractivity (Wildman–Crippen MR) is 67.1 cm³/mol. The number of carbonyl (C=O) groups is 2. The quantitative estimate of drug-likeness (QED) is 0.642. The Morgan fingerprint density at radius 2 is 1.94 bits per heavy atom. The van der Waals surface area contributed by atoms with Gasteiger partial charge < -0.3 is 15.2 Å². The Balaban J connectivity index is 2.05. The average molecular weight is 257 g/mol. The minimum atomic E-state index is -0.866. The van der Waals surface area contributed by atoms with Crippen LogP contribution in [0, 0.1) is 17.8 Å². The molecular weight excluding hydrogens is 234 g/mol. The van der Waals surface area contributed by atoms with Crippen molar-refractivity contribution >= 4 is 11.9 Å². The topological polar surface area (TPSA) is 75.6 Å². The van der Waals surface area contributed by atoms with E-state index in [2.05, 4.69) is 19.2 Å². The number of carbonyl (C=O) groups excluding carboxylic acids is 1. The van der Waals surface area contributed by atoms with Gasteiger partial charge in [0.1, 0.15) is 0 Å². The van der Waals surface area contributed by atoms with Gasteiger partial charge in [-0.25, -0.2) is 0 Å². The molecule has 1 aliphatic rings. The fourth-order valence-electron chi connectivity index (χ4n) is 1.91. The van der Waals surface area contributed by atoms with Gasteiger partial charge in [0.15, 0.2) is 0 Å². The number of hydrogen-bond acceptors (Lipinski definition) is 3. The van der Waals surface area contributed by atoms with Crippen molar-refractivity contribution in [2.24, 2.45) is 17.8 Å². The van der Waals surface area contributed by atoms with Crippen LogP contribution < -0.4 is 5.32 Å². The summed E-state index contributed by atoms with van der Waals surface area (Å²) in [4.78, 5) is 22.4. The second kappa shape index (κ2) is 7.36. The lowest BCUT2D eigenvalue weighted by atomic mass is 9.73. The van der Waals surface area contributed by atoms with Gasteiger partial charge in [-0.2, -0.15) is 0 Å². The van der Waals surface area contributed by atoms with Gasteiger partial charge >= 0.3 is 5.97 Å². The summed E-state index contributed by atoms with van der Waals surface area (Å²) in [6.07, 6.45) is 2.30. The van der Waals surface area contributed by atoms with Gasteiger partial charge in [-0.1, -0.05) is 13.8 Å². The number of carboxylic acids is 1. The maximum Gasteiger partial charge on any atom is 0.307 e. The van der Waals surface area contributed by atoms with Crippen LogP contribution in [0.5, 0.6) is 0 Å². The number of carboxylic acid groups (broad SMARTS) is 1. The van der Waals surface area contributed by atoms with E-state index in [-0.39, 0.29) is 11.8 Å². The summed E-state index contributed by atoms with van der Waals surface area (Å²) in [5.74, 6) is -1.24. The van der Waals surface area contributed by atoms with Crippen LogP contribution in [0.25, 0.3) is 0 Å². The molecule has 0 radical (unpaired) electrons. The van der Waals surface area contributed by atoms with E-state index in [9.17, 15) is 9.59 Å². The smallest absolute Gasteiger partial charge is 0.307 e. The van der Waals surface area contributed by atoms with Crippen LogP contribution in [0.3, 0.4) is 0 Å². The minimum absolute atomic E-state index is 0.152. The first-order chi connectivity index (χ1) is 8.52. The normalized spacial score (nSPS) is 22.6. The molecule has 2 N–H and O–H groups in total. The Kier molecular flexibility index (Phi) is 6.12. The van der Waals surface area contributed by atoms with Crippen LogP contribution >= 0.6 is 0 Å². The standard InChI is InChI=1S/C13H23NO4/c1-9(2)5-7-18-8-6-14-12(15)10-3-4-11(10)13(16)17/h9-11H,3-8H2,1-2H3,(H,14,15)(H,16,17). The Bertz CT molecular complexity index is 291. The van der Waals surface area contributed by atoms with E-state index in [0.29, 0.717) is 38.5 Å². The second-order valence-electron chi connectivity index (χ2n) is 5.21. The molecule has 0 saturated heterocycles. The molecule has 0 bridgehead atoms. The summed E-state index contributed by atoms with van der Waals surface area (Å²) in [5, 5.41) is 11.6. The highest BCUT2D eigenvalue weighted by molar-refractivity contribution is 5.86. The first kappa shape index (κ1) is 15.0. The zero-order chi connectivity index (χ0) is 13.5. The summed E-state index contributed by atoms with van der Waals surface area (Å²) in [5.41, 5.74) is 0. The highest BCUT2D eigenvalue weighted by Gasteiger charge is 2.41. The molecule has 5 nitrogen and oxygen atoms in total. The van der Waals surface area contributed by atoms with Gasteiger partial charge in [0.25, 0.3) is 0 Å². The number of amides is 1. The van der Waals surface area contributed by atoms with E-state index in [0.717, 1.165) is 6.42 Å². The number of aliphatic carboxylic acids is 1. The lowest BCUT2D eigenvalue weighted by Gasteiger charge is -2.31. The van der Waals surface area contributed by atoms with E-state index >= 15 is 0 Å². The Labute approximate surface area is 108 Å². The molecule has 18 heavy (non-hydrogen) atoms. The Morgan fingerprint density at radius 3 is 2.44 bits per heavy atom. The summed E-state index contributed by atoms with van der Waals surface area (Å²) in [7, 11) is 0. The second-order valence-corrected chi connectivity index (χ2v) is 5.21. The maximum absolute atomic E-state index is 11.7. The van der Waals surface area contributed by atoms with Crippen LogP contribution in [0.15, 0.2) is 0 Å². The monoisotopic (exact) mass is 257 g/mol. The molecule has 1 amide bonds. The van der Waals surface area contributed by atoms with Gasteiger partial charge in [-0.05, 0) is 25.2 Å². The van der Waals surface area contributed by atoms with Crippen molar-refractivity contribution in [2.75, 3.05) is 19.8 Å². The molecular formula is C13H23NO4. The molecule has 0 spiro atoms. The first-order valence-corrected chi connectivity index (χ1v) is 6.60. The molecule has 1 fully saturated rings. The van der Waals surface area contributed by atoms with E-state index in [1.165, 1.54) is 0 Å². The van der Waals surface area contributed by atoms with Crippen molar-refractivity contribution in [1.82, 2.24) is 5.32 Å². The SMILES string of the molecule is CC(C)CCOCCNC(=O)C1CCC1C(=O)O. The Morgan fingerprint density at radius 1 is 1.28 bits per heavy atom. The number of ether oxygens (including phenoxy) is 1. The summed E-state index contributed by atoms with van der Waals surface area (Å²) in [6.45, 7) is 5.92. The molecule has 0 aliphatic heterocycles. The van der Waals surface area contributed by atoms with E-state index < -0.39 is 11.9 Å². The van der Waals surface area contributed by atoms with Crippen molar-refractivity contribution in [2.45, 2.75) is 33.1 Å². The Hall–Kier alpha value is -1.10. The molecule has 104 valence electrons. The maximum atomic E-state index is 11.7. The van der Waals surface area contributed by atoms with Crippen molar-refractivity contribution < 1.29 is 19.4 Å². The van der Waals surface area contributed by atoms with Gasteiger partial charge in [0.2, 0.25) is 5.91 Å². The van der Waals surface area contributed by atoms with Crippen LogP contribution in [0.4, 0.5) is 0 Å². The lowest BCUT2D eigenvalue weighted by Crippen LogP contribution is -2.44. The molecule has 0 aromatic carbocycles. The van der Waals surface area contributed by atoms with Gasteiger partial charge in [-0.3, -0.25) is 9.59 Å². The summed E-state index contributed by atoms with van der Waals surface area (Å²) >= 11 is 0. The fraction of sp³-hybridized carbons (Fsp3) is 0.846. The highest BCUT2D eigenvalue weighted by atomic mass is 16.5. The molecule has 2 unspecified atom stereocenters. The third-order valence-electron chi connectivity index (χ3n) is 3.31. The number of hydrogen-bond donors (Lipinski definition) is 2. The van der Waals surface area contributed by atoms with Crippen molar-refractivity contribution in [1.29, 1.82) is 0 Å². The van der Waals surface area contributed by atoms with Crippen molar-refractivity contribution in [3.8, 4) is 0 Å². The highest BCUT2D eigenvalue weighted by Crippen LogP contribution is 2.34. The minimum Gasteiger partial charge on any atom is -0.481 e. The molecule has 5 heteroatoms. The third kappa shape index (κ3) is 4.64. The molecule has 0 aromatic heterocycles. The number of rotatable bonds is 8. The van der Waals surface area contributed by atoms with Crippen LogP contribution in [0.1, 0.15) is 33.1 Å². The fourth-order valence-corrected chi connectivity index (χ4v) is 1.91. The predicted octanol–water partition coefficient (Wildman–Crippen LogP) is 1.28. The first-order valence-electron chi connectivity index (χ1n) is 6.60. The molecule has 2 atom stereocenters. The van der Waals surface area contributed by atoms with Gasteiger partial charge in [0.05, 0.1) is 18.4 Å². The summed E-state index contributed by atoms with van der Waals surface area (Å²) in [6, 6.07) is 0. The van der Waals surface area contributed by atoms with E-state index in [4.69, 9.17) is 9.84 Å². The van der Waals surface area contributed by atoms with Crippen LogP contribution in [0.2, 0.25) is 0 Å². The van der Waals surface area contributed by atoms with Crippen molar-refractivity contribution in [3.63, 3.8) is 0 Å². The van der Waals surface area contributed by atoms with Gasteiger partial charge in [-0.15, -0.1) is 0 Å². The molecule has 1 aliphatic carbocycles. The van der Waals surface area contributed by atoms with Crippen LogP contribution in [-0.2, 0) is 14.3 Å². The largest absolute Gasteiger partial charge is 0.481 e. The molecule has 0 heterocycles. The zero-order valence-electron chi connectivity index (χ0n) is 11.1. The average Bonchev–Trinajstić information content (AvgIpc) is 2.20. The van der Waals surface area contributed by atoms with Crippen LogP contribution in [-0.4, -0.2) is 36.7 Å². The van der Waals surface area contributed by atoms with Gasteiger partial charge in [0, 0.05) is 13.2 Å². The third-order valence-corrected chi connectivity index (χ3v) is 3.31. The van der Waals surface area contributed by atoms with Crippen molar-refractivity contribution in [3.05, 3.63) is 0 Å². The summed E-state index contributed by atoms with van der Waals surface area (Å²) < 4.78 is 5.37. The number of nitrogens with one attached hydrogen (secondary N) is 1. The molecule has 0 aromatic rings.